The molecular weight excluding hydrogens is 322 g/mol. The van der Waals surface area contributed by atoms with E-state index in [0.29, 0.717) is 0 Å². The van der Waals surface area contributed by atoms with E-state index >= 15 is 0 Å². The van der Waals surface area contributed by atoms with Gasteiger partial charge in [-0.3, -0.25) is 4.79 Å². The minimum Gasteiger partial charge on any atom is -0.322 e. The average molecular weight is 339 g/mol. The maximum Gasteiger partial charge on any atom is 0.248 e. The van der Waals surface area contributed by atoms with Crippen LogP contribution in [0.5, 0.6) is 0 Å². The van der Waals surface area contributed by atoms with Gasteiger partial charge in [0.2, 0.25) is 5.91 Å². The van der Waals surface area contributed by atoms with Gasteiger partial charge >= 0.3 is 0 Å². The molecule has 0 atom stereocenters. The Morgan fingerprint density at radius 1 is 0.962 bits per heavy atom. The molecule has 0 aliphatic carbocycles. The fourth-order valence-corrected chi connectivity index (χ4v) is 2.75. The van der Waals surface area contributed by atoms with Gasteiger partial charge in [-0.1, -0.05) is 48.5 Å². The molecule has 1 amide bonds. The van der Waals surface area contributed by atoms with Gasteiger partial charge in [-0.15, -0.1) is 0 Å². The van der Waals surface area contributed by atoms with Crippen LogP contribution in [0.25, 0.3) is 23.0 Å². The molecule has 4 heteroatoms. The van der Waals surface area contributed by atoms with Crippen molar-refractivity contribution in [3.63, 3.8) is 0 Å². The first-order valence-corrected chi connectivity index (χ1v) is 8.36. The summed E-state index contributed by atoms with van der Waals surface area (Å²) in [5.41, 5.74) is 4.44. The second-order valence-electron chi connectivity index (χ2n) is 5.91. The fraction of sp³-hybridized carbons (Fsp3) is 0. The lowest BCUT2D eigenvalue weighted by Gasteiger charge is -2.04. The summed E-state index contributed by atoms with van der Waals surface area (Å²) in [6.07, 6.45) is 7.27. The van der Waals surface area contributed by atoms with E-state index in [2.05, 4.69) is 10.3 Å². The van der Waals surface area contributed by atoms with Crippen LogP contribution >= 0.6 is 0 Å². The minimum absolute atomic E-state index is 0.166. The zero-order valence-electron chi connectivity index (χ0n) is 14.0. The van der Waals surface area contributed by atoms with Gasteiger partial charge in [0, 0.05) is 29.7 Å². The number of hydrogen-bond donors (Lipinski definition) is 1. The van der Waals surface area contributed by atoms with Crippen molar-refractivity contribution in [2.75, 3.05) is 5.32 Å². The lowest BCUT2D eigenvalue weighted by molar-refractivity contribution is -0.111. The van der Waals surface area contributed by atoms with Crippen LogP contribution in [-0.2, 0) is 4.79 Å². The van der Waals surface area contributed by atoms with Crippen molar-refractivity contribution in [3.8, 4) is 11.3 Å². The maximum atomic E-state index is 12.2. The summed E-state index contributed by atoms with van der Waals surface area (Å²) in [4.78, 5) is 16.8. The van der Waals surface area contributed by atoms with E-state index in [1.165, 1.54) is 6.08 Å². The van der Waals surface area contributed by atoms with Crippen LogP contribution in [0.1, 0.15) is 5.56 Å². The van der Waals surface area contributed by atoms with Gasteiger partial charge in [0.05, 0.1) is 5.69 Å². The van der Waals surface area contributed by atoms with Crippen molar-refractivity contribution in [2.24, 2.45) is 0 Å². The molecular formula is C22H17N3O. The van der Waals surface area contributed by atoms with E-state index in [0.717, 1.165) is 28.2 Å². The predicted octanol–water partition coefficient (Wildman–Crippen LogP) is 4.65. The third-order valence-electron chi connectivity index (χ3n) is 4.02. The van der Waals surface area contributed by atoms with Crippen LogP contribution in [0, 0.1) is 0 Å². The molecule has 4 aromatic rings. The topological polar surface area (TPSA) is 46.4 Å². The van der Waals surface area contributed by atoms with Crippen LogP contribution in [0.15, 0.2) is 91.3 Å². The Kier molecular flexibility index (Phi) is 4.31. The highest BCUT2D eigenvalue weighted by Crippen LogP contribution is 2.22. The molecule has 0 fully saturated rings. The van der Waals surface area contributed by atoms with Crippen molar-refractivity contribution in [1.82, 2.24) is 9.38 Å². The SMILES string of the molecule is O=C(/C=C/c1ccccc1)Nc1cccc(-c2cn3ccccc3n2)c1. The number of nitrogens with zero attached hydrogens (tertiary/aromatic N) is 2. The van der Waals surface area contributed by atoms with Crippen molar-refractivity contribution >= 4 is 23.3 Å². The molecule has 0 unspecified atom stereocenters. The van der Waals surface area contributed by atoms with Crippen LogP contribution in [0.2, 0.25) is 0 Å². The number of anilines is 1. The highest BCUT2D eigenvalue weighted by Gasteiger charge is 2.05. The Labute approximate surface area is 151 Å². The van der Waals surface area contributed by atoms with Gasteiger partial charge in [-0.05, 0) is 35.9 Å². The molecule has 0 bridgehead atoms. The van der Waals surface area contributed by atoms with Crippen molar-refractivity contribution in [2.45, 2.75) is 0 Å². The zero-order valence-corrected chi connectivity index (χ0v) is 14.0. The number of imidazole rings is 1. The maximum absolute atomic E-state index is 12.2. The number of rotatable bonds is 4. The molecule has 0 saturated heterocycles. The van der Waals surface area contributed by atoms with Gasteiger partial charge in [-0.2, -0.15) is 0 Å². The van der Waals surface area contributed by atoms with Crippen LogP contribution < -0.4 is 5.32 Å². The minimum atomic E-state index is -0.166. The van der Waals surface area contributed by atoms with Crippen LogP contribution in [0.4, 0.5) is 5.69 Å². The summed E-state index contributed by atoms with van der Waals surface area (Å²) in [7, 11) is 0. The van der Waals surface area contributed by atoms with E-state index < -0.39 is 0 Å². The number of hydrogen-bond acceptors (Lipinski definition) is 2. The zero-order chi connectivity index (χ0) is 17.8. The van der Waals surface area contributed by atoms with Crippen molar-refractivity contribution in [3.05, 3.63) is 96.8 Å². The normalized spacial score (nSPS) is 11.1. The molecule has 1 N–H and O–H groups in total. The first-order valence-electron chi connectivity index (χ1n) is 8.36. The molecule has 0 aliphatic rings. The number of aromatic nitrogens is 2. The monoisotopic (exact) mass is 339 g/mol. The van der Waals surface area contributed by atoms with E-state index in [1.807, 2.05) is 89.6 Å². The van der Waals surface area contributed by atoms with Crippen LogP contribution in [-0.4, -0.2) is 15.3 Å². The molecule has 126 valence electrons. The average Bonchev–Trinajstić information content (AvgIpc) is 3.12. The summed E-state index contributed by atoms with van der Waals surface area (Å²) < 4.78 is 1.98. The predicted molar refractivity (Wildman–Crippen MR) is 105 cm³/mol. The number of pyridine rings is 1. The first-order chi connectivity index (χ1) is 12.8. The lowest BCUT2D eigenvalue weighted by atomic mass is 10.1. The van der Waals surface area contributed by atoms with E-state index in [4.69, 9.17) is 0 Å². The van der Waals surface area contributed by atoms with E-state index in [1.54, 1.807) is 6.08 Å². The Morgan fingerprint density at radius 2 is 1.81 bits per heavy atom. The number of nitrogens with one attached hydrogen (secondary N) is 1. The number of carbonyl (C=O) groups excluding carboxylic acids is 1. The molecule has 4 nitrogen and oxygen atoms in total. The fourth-order valence-electron chi connectivity index (χ4n) is 2.75. The van der Waals surface area contributed by atoms with E-state index in [9.17, 15) is 4.79 Å². The second kappa shape index (κ2) is 7.07. The van der Waals surface area contributed by atoms with Gasteiger partial charge in [0.15, 0.2) is 0 Å². The Morgan fingerprint density at radius 3 is 2.65 bits per heavy atom. The standard InChI is InChI=1S/C22H17N3O/c26-22(13-12-17-7-2-1-3-8-17)23-19-10-6-9-18(15-19)20-16-25-14-5-4-11-21(25)24-20/h1-16H,(H,23,26)/b13-12+. The largest absolute Gasteiger partial charge is 0.322 e. The lowest BCUT2D eigenvalue weighted by Crippen LogP contribution is -2.07. The quantitative estimate of drug-likeness (QED) is 0.550. The van der Waals surface area contributed by atoms with E-state index in [-0.39, 0.29) is 5.91 Å². The molecule has 0 spiro atoms. The number of fused-ring (bicyclic) bond motifs is 1. The van der Waals surface area contributed by atoms with Crippen molar-refractivity contribution in [1.29, 1.82) is 0 Å². The summed E-state index contributed by atoms with van der Waals surface area (Å²) in [6.45, 7) is 0. The second-order valence-corrected chi connectivity index (χ2v) is 5.91. The molecule has 2 heterocycles. The number of carbonyl (C=O) groups is 1. The Balaban J connectivity index is 1.52. The third kappa shape index (κ3) is 3.54. The Bertz CT molecular complexity index is 1050. The van der Waals surface area contributed by atoms with Crippen molar-refractivity contribution < 1.29 is 4.79 Å². The van der Waals surface area contributed by atoms with Crippen LogP contribution in [0.3, 0.4) is 0 Å². The molecule has 4 rings (SSSR count). The van der Waals surface area contributed by atoms with Gasteiger partial charge in [-0.25, -0.2) is 4.98 Å². The molecule has 0 aliphatic heterocycles. The molecule has 2 aromatic carbocycles. The molecule has 0 radical (unpaired) electrons. The van der Waals surface area contributed by atoms with Gasteiger partial charge in [0.1, 0.15) is 5.65 Å². The highest BCUT2D eigenvalue weighted by atomic mass is 16.1. The van der Waals surface area contributed by atoms with Gasteiger partial charge < -0.3 is 9.72 Å². The highest BCUT2D eigenvalue weighted by molar-refractivity contribution is 6.02. The molecule has 0 saturated carbocycles. The number of benzene rings is 2. The molecule has 26 heavy (non-hydrogen) atoms. The first kappa shape index (κ1) is 15.8. The number of amides is 1. The Hall–Kier alpha value is -3.66. The molecule has 2 aromatic heterocycles. The summed E-state index contributed by atoms with van der Waals surface area (Å²) in [5, 5.41) is 2.90. The van der Waals surface area contributed by atoms with Gasteiger partial charge in [0.25, 0.3) is 0 Å². The summed E-state index contributed by atoms with van der Waals surface area (Å²) >= 11 is 0. The third-order valence-corrected chi connectivity index (χ3v) is 4.02. The smallest absolute Gasteiger partial charge is 0.248 e. The summed E-state index contributed by atoms with van der Waals surface area (Å²) in [5.74, 6) is -0.166. The summed E-state index contributed by atoms with van der Waals surface area (Å²) in [6, 6.07) is 23.3.